The molecule has 2 unspecified atom stereocenters. The Morgan fingerprint density at radius 3 is 2.56 bits per heavy atom. The molecule has 2 aliphatic rings. The van der Waals surface area contributed by atoms with E-state index in [-0.39, 0.29) is 17.7 Å². The average Bonchev–Trinajstić information content (AvgIpc) is 2.96. The minimum atomic E-state index is 0.0337. The fourth-order valence-corrected chi connectivity index (χ4v) is 3.06. The second-order valence-electron chi connectivity index (χ2n) is 5.82. The molecule has 3 heteroatoms. The summed E-state index contributed by atoms with van der Waals surface area (Å²) < 4.78 is 0. The van der Waals surface area contributed by atoms with Gasteiger partial charge in [0, 0.05) is 5.54 Å². The molecule has 0 aromatic carbocycles. The summed E-state index contributed by atoms with van der Waals surface area (Å²) in [5, 5.41) is 3.42. The highest BCUT2D eigenvalue weighted by Gasteiger charge is 2.50. The number of carbonyl (C=O) groups excluding carboxylic acids is 1. The first-order chi connectivity index (χ1) is 7.48. The van der Waals surface area contributed by atoms with Crippen LogP contribution in [0.1, 0.15) is 53.4 Å². The van der Waals surface area contributed by atoms with Gasteiger partial charge in [-0.05, 0) is 46.0 Å². The summed E-state index contributed by atoms with van der Waals surface area (Å²) in [6.45, 7) is 8.68. The maximum absolute atomic E-state index is 12.3. The molecule has 1 N–H and O–H groups in total. The third-order valence-corrected chi connectivity index (χ3v) is 4.14. The molecule has 2 atom stereocenters. The standard InChI is InChI=1S/C13H24N2O/c1-5-6-11-12(16)15(9(2)14-11)13(3,4)10-7-8-10/h9-11,14H,5-8H2,1-4H3. The molecule has 16 heavy (non-hydrogen) atoms. The normalized spacial score (nSPS) is 31.2. The van der Waals surface area contributed by atoms with E-state index in [9.17, 15) is 4.79 Å². The summed E-state index contributed by atoms with van der Waals surface area (Å²) in [7, 11) is 0. The zero-order valence-electron chi connectivity index (χ0n) is 10.9. The quantitative estimate of drug-likeness (QED) is 0.793. The minimum absolute atomic E-state index is 0.0337. The first-order valence-electron chi connectivity index (χ1n) is 6.57. The monoisotopic (exact) mass is 224 g/mol. The molecule has 0 spiro atoms. The molecule has 2 rings (SSSR count). The number of carbonyl (C=O) groups is 1. The SMILES string of the molecule is CCCC1NC(C)N(C(C)(C)C2CC2)C1=O. The summed E-state index contributed by atoms with van der Waals surface area (Å²) in [5.74, 6) is 1.02. The van der Waals surface area contributed by atoms with Crippen molar-refractivity contribution in [3.8, 4) is 0 Å². The Balaban J connectivity index is 2.12. The van der Waals surface area contributed by atoms with E-state index in [4.69, 9.17) is 0 Å². The zero-order valence-corrected chi connectivity index (χ0v) is 10.9. The van der Waals surface area contributed by atoms with Crippen LogP contribution in [-0.4, -0.2) is 28.6 Å². The van der Waals surface area contributed by atoms with Gasteiger partial charge in [0.05, 0.1) is 12.2 Å². The fraction of sp³-hybridized carbons (Fsp3) is 0.923. The molecule has 1 saturated heterocycles. The Kier molecular flexibility index (Phi) is 2.99. The van der Waals surface area contributed by atoms with Crippen LogP contribution < -0.4 is 5.32 Å². The van der Waals surface area contributed by atoms with Crippen LogP contribution in [-0.2, 0) is 4.79 Å². The Morgan fingerprint density at radius 2 is 2.06 bits per heavy atom. The van der Waals surface area contributed by atoms with Crippen molar-refractivity contribution in [2.24, 2.45) is 5.92 Å². The highest BCUT2D eigenvalue weighted by Crippen LogP contribution is 2.44. The fourth-order valence-electron chi connectivity index (χ4n) is 3.06. The van der Waals surface area contributed by atoms with Gasteiger partial charge < -0.3 is 4.90 Å². The molecular formula is C13H24N2O. The average molecular weight is 224 g/mol. The van der Waals surface area contributed by atoms with Gasteiger partial charge in [-0.15, -0.1) is 0 Å². The number of nitrogens with one attached hydrogen (secondary N) is 1. The van der Waals surface area contributed by atoms with Crippen LogP contribution in [0.2, 0.25) is 0 Å². The van der Waals surface area contributed by atoms with Crippen molar-refractivity contribution in [1.29, 1.82) is 0 Å². The van der Waals surface area contributed by atoms with E-state index >= 15 is 0 Å². The Labute approximate surface area is 98.6 Å². The van der Waals surface area contributed by atoms with Crippen molar-refractivity contribution in [3.63, 3.8) is 0 Å². The van der Waals surface area contributed by atoms with E-state index in [2.05, 4.69) is 37.9 Å². The Bertz CT molecular complexity index is 284. The number of rotatable bonds is 4. The molecule has 2 fully saturated rings. The summed E-state index contributed by atoms with van der Waals surface area (Å²) in [6.07, 6.45) is 4.78. The van der Waals surface area contributed by atoms with E-state index in [0.717, 1.165) is 12.8 Å². The number of hydrogen-bond donors (Lipinski definition) is 1. The maximum atomic E-state index is 12.3. The van der Waals surface area contributed by atoms with Gasteiger partial charge in [-0.3, -0.25) is 10.1 Å². The van der Waals surface area contributed by atoms with Crippen LogP contribution in [0.3, 0.4) is 0 Å². The lowest BCUT2D eigenvalue weighted by Crippen LogP contribution is -2.51. The summed E-state index contributed by atoms with van der Waals surface area (Å²) in [5.41, 5.74) is 0.0337. The predicted octanol–water partition coefficient (Wildman–Crippen LogP) is 2.12. The highest BCUT2D eigenvalue weighted by atomic mass is 16.2. The topological polar surface area (TPSA) is 32.3 Å². The van der Waals surface area contributed by atoms with Crippen molar-refractivity contribution in [3.05, 3.63) is 0 Å². The van der Waals surface area contributed by atoms with Crippen LogP contribution >= 0.6 is 0 Å². The Morgan fingerprint density at radius 1 is 1.44 bits per heavy atom. The molecule has 3 nitrogen and oxygen atoms in total. The molecule has 0 aromatic rings. The van der Waals surface area contributed by atoms with Crippen molar-refractivity contribution in [1.82, 2.24) is 10.2 Å². The molecule has 92 valence electrons. The van der Waals surface area contributed by atoms with E-state index in [1.165, 1.54) is 12.8 Å². The van der Waals surface area contributed by atoms with Crippen molar-refractivity contribution in [2.45, 2.75) is 71.1 Å². The van der Waals surface area contributed by atoms with Gasteiger partial charge in [0.1, 0.15) is 0 Å². The largest absolute Gasteiger partial charge is 0.321 e. The van der Waals surface area contributed by atoms with Crippen LogP contribution in [0.4, 0.5) is 0 Å². The molecule has 1 aliphatic carbocycles. The zero-order chi connectivity index (χ0) is 11.9. The smallest absolute Gasteiger partial charge is 0.241 e. The van der Waals surface area contributed by atoms with Gasteiger partial charge in [-0.25, -0.2) is 0 Å². The van der Waals surface area contributed by atoms with Crippen molar-refractivity contribution in [2.75, 3.05) is 0 Å². The molecule has 0 bridgehead atoms. The number of amides is 1. The minimum Gasteiger partial charge on any atom is -0.321 e. The highest BCUT2D eigenvalue weighted by molar-refractivity contribution is 5.85. The second-order valence-corrected chi connectivity index (χ2v) is 5.82. The number of hydrogen-bond acceptors (Lipinski definition) is 2. The molecule has 0 radical (unpaired) electrons. The van der Waals surface area contributed by atoms with Gasteiger partial charge in [-0.2, -0.15) is 0 Å². The number of nitrogens with zero attached hydrogens (tertiary/aromatic N) is 1. The first kappa shape index (κ1) is 11.9. The third-order valence-electron chi connectivity index (χ3n) is 4.14. The maximum Gasteiger partial charge on any atom is 0.241 e. The lowest BCUT2D eigenvalue weighted by Gasteiger charge is -2.38. The van der Waals surface area contributed by atoms with E-state index in [0.29, 0.717) is 11.8 Å². The molecule has 1 aliphatic heterocycles. The van der Waals surface area contributed by atoms with Crippen molar-refractivity contribution < 1.29 is 4.79 Å². The van der Waals surface area contributed by atoms with E-state index in [1.54, 1.807) is 0 Å². The van der Waals surface area contributed by atoms with Crippen molar-refractivity contribution >= 4 is 5.91 Å². The first-order valence-corrected chi connectivity index (χ1v) is 6.57. The summed E-state index contributed by atoms with van der Waals surface area (Å²) in [6, 6.07) is 0.0537. The van der Waals surface area contributed by atoms with Crippen LogP contribution in [0.5, 0.6) is 0 Å². The van der Waals surface area contributed by atoms with Crippen LogP contribution in [0.25, 0.3) is 0 Å². The lowest BCUT2D eigenvalue weighted by atomic mass is 9.95. The summed E-state index contributed by atoms with van der Waals surface area (Å²) in [4.78, 5) is 14.4. The second kappa shape index (κ2) is 4.02. The molecular weight excluding hydrogens is 200 g/mol. The Hall–Kier alpha value is -0.570. The van der Waals surface area contributed by atoms with E-state index in [1.807, 2.05) is 0 Å². The van der Waals surface area contributed by atoms with Crippen LogP contribution in [0, 0.1) is 5.92 Å². The van der Waals surface area contributed by atoms with Gasteiger partial charge in [0.2, 0.25) is 5.91 Å². The molecule has 1 heterocycles. The van der Waals surface area contributed by atoms with Crippen LogP contribution in [0.15, 0.2) is 0 Å². The van der Waals surface area contributed by atoms with Gasteiger partial charge in [-0.1, -0.05) is 13.3 Å². The third kappa shape index (κ3) is 1.86. The molecule has 1 amide bonds. The van der Waals surface area contributed by atoms with Gasteiger partial charge in [0.15, 0.2) is 0 Å². The van der Waals surface area contributed by atoms with Gasteiger partial charge in [0.25, 0.3) is 0 Å². The molecule has 1 saturated carbocycles. The predicted molar refractivity (Wildman–Crippen MR) is 64.9 cm³/mol. The summed E-state index contributed by atoms with van der Waals surface area (Å²) >= 11 is 0. The van der Waals surface area contributed by atoms with Gasteiger partial charge >= 0.3 is 0 Å². The molecule has 0 aromatic heterocycles. The van der Waals surface area contributed by atoms with E-state index < -0.39 is 0 Å². The lowest BCUT2D eigenvalue weighted by molar-refractivity contribution is -0.135.